The summed E-state index contributed by atoms with van der Waals surface area (Å²) >= 11 is 6.03. The van der Waals surface area contributed by atoms with Crippen LogP contribution in [0, 0.1) is 11.3 Å². The molecule has 1 atom stereocenters. The third-order valence-corrected chi connectivity index (χ3v) is 7.05. The number of nitrogens with zero attached hydrogens (tertiary/aromatic N) is 2. The molecule has 1 aliphatic rings. The molecule has 2 aromatic carbocycles. The summed E-state index contributed by atoms with van der Waals surface area (Å²) in [6, 6.07) is 15.5. The van der Waals surface area contributed by atoms with Crippen molar-refractivity contribution in [3.63, 3.8) is 0 Å². The summed E-state index contributed by atoms with van der Waals surface area (Å²) < 4.78 is 28.2. The number of rotatable bonds is 4. The quantitative estimate of drug-likeness (QED) is 0.700. The molecule has 3 aromatic rings. The highest BCUT2D eigenvalue weighted by molar-refractivity contribution is 7.90. The first kappa shape index (κ1) is 18.8. The van der Waals surface area contributed by atoms with Gasteiger partial charge in [-0.3, -0.25) is 0 Å². The fraction of sp³-hybridized carbons (Fsp3) is 0.190. The molecule has 1 N–H and O–H groups in total. The van der Waals surface area contributed by atoms with E-state index in [4.69, 9.17) is 16.9 Å². The maximum absolute atomic E-state index is 13.4. The average molecular weight is 412 g/mol. The zero-order valence-corrected chi connectivity index (χ0v) is 16.8. The van der Waals surface area contributed by atoms with Gasteiger partial charge >= 0.3 is 0 Å². The van der Waals surface area contributed by atoms with Crippen LogP contribution in [0.1, 0.15) is 29.2 Å². The van der Waals surface area contributed by atoms with Gasteiger partial charge in [0.15, 0.2) is 0 Å². The summed E-state index contributed by atoms with van der Waals surface area (Å²) in [6.07, 6.45) is 3.42. The molecule has 4 rings (SSSR count). The van der Waals surface area contributed by atoms with Gasteiger partial charge in [-0.25, -0.2) is 12.4 Å². The minimum atomic E-state index is -3.83. The Hall–Kier alpha value is -2.59. The molecule has 1 heterocycles. The molecule has 1 aliphatic carbocycles. The number of hydrogen-bond donors (Lipinski definition) is 1. The van der Waals surface area contributed by atoms with Crippen molar-refractivity contribution in [3.8, 4) is 17.3 Å². The van der Waals surface area contributed by atoms with E-state index in [2.05, 4.69) is 11.4 Å². The lowest BCUT2D eigenvalue weighted by Gasteiger charge is -2.13. The maximum Gasteiger partial charge on any atom is 0.268 e. The number of hydrogen-bond acceptors (Lipinski definition) is 4. The van der Waals surface area contributed by atoms with Crippen LogP contribution in [-0.4, -0.2) is 19.4 Å². The standard InChI is InChI=1S/C21H18ClN3O2S/c1-24-20-10-9-18-19(20)13-25(21(18)15-7-5-14(12-23)6-8-15)28(26,27)17-4-2-3-16(22)11-17/h2-8,11,13,20,24H,9-10H2,1H3. The van der Waals surface area contributed by atoms with Gasteiger partial charge in [0.05, 0.1) is 22.2 Å². The largest absolute Gasteiger partial charge is 0.313 e. The zero-order chi connectivity index (χ0) is 19.9. The molecule has 0 amide bonds. The molecule has 5 nitrogen and oxygen atoms in total. The van der Waals surface area contributed by atoms with E-state index >= 15 is 0 Å². The number of fused-ring (bicyclic) bond motifs is 1. The van der Waals surface area contributed by atoms with Gasteiger partial charge in [-0.2, -0.15) is 5.26 Å². The first-order valence-electron chi connectivity index (χ1n) is 8.88. The second-order valence-electron chi connectivity index (χ2n) is 6.74. The summed E-state index contributed by atoms with van der Waals surface area (Å²) in [5.41, 5.74) is 3.96. The van der Waals surface area contributed by atoms with Gasteiger partial charge in [0.2, 0.25) is 0 Å². The van der Waals surface area contributed by atoms with Crippen LogP contribution in [0.25, 0.3) is 11.3 Å². The van der Waals surface area contributed by atoms with Gasteiger partial charge in [0.1, 0.15) is 0 Å². The van der Waals surface area contributed by atoms with E-state index in [0.29, 0.717) is 16.3 Å². The van der Waals surface area contributed by atoms with Crippen LogP contribution in [0.15, 0.2) is 59.6 Å². The van der Waals surface area contributed by atoms with Crippen molar-refractivity contribution in [2.24, 2.45) is 0 Å². The van der Waals surface area contributed by atoms with Gasteiger partial charge in [0.25, 0.3) is 10.0 Å². The smallest absolute Gasteiger partial charge is 0.268 e. The van der Waals surface area contributed by atoms with E-state index < -0.39 is 10.0 Å². The highest BCUT2D eigenvalue weighted by Crippen LogP contribution is 2.41. The van der Waals surface area contributed by atoms with Crippen LogP contribution in [-0.2, 0) is 16.4 Å². The molecule has 1 aromatic heterocycles. The van der Waals surface area contributed by atoms with Crippen LogP contribution in [0.3, 0.4) is 0 Å². The summed E-state index contributed by atoms with van der Waals surface area (Å²) in [5.74, 6) is 0. The molecule has 0 bridgehead atoms. The highest BCUT2D eigenvalue weighted by atomic mass is 35.5. The summed E-state index contributed by atoms with van der Waals surface area (Å²) in [4.78, 5) is 0.143. The SMILES string of the molecule is CNC1CCc2c1cn(S(=O)(=O)c1cccc(Cl)c1)c2-c1ccc(C#N)cc1. The van der Waals surface area contributed by atoms with E-state index in [0.717, 1.165) is 29.5 Å². The molecule has 0 spiro atoms. The number of nitriles is 1. The number of aromatic nitrogens is 1. The van der Waals surface area contributed by atoms with Gasteiger partial charge < -0.3 is 5.32 Å². The molecule has 0 saturated carbocycles. The first-order valence-corrected chi connectivity index (χ1v) is 10.7. The second kappa shape index (κ2) is 7.10. The fourth-order valence-corrected chi connectivity index (χ4v) is 5.50. The number of nitrogens with one attached hydrogen (secondary N) is 1. The highest BCUT2D eigenvalue weighted by Gasteiger charge is 2.32. The Morgan fingerprint density at radius 3 is 2.61 bits per heavy atom. The van der Waals surface area contributed by atoms with E-state index in [1.54, 1.807) is 48.7 Å². The van der Waals surface area contributed by atoms with Gasteiger partial charge in [-0.1, -0.05) is 29.8 Å². The minimum Gasteiger partial charge on any atom is -0.313 e. The molecule has 7 heteroatoms. The lowest BCUT2D eigenvalue weighted by molar-refractivity contribution is 0.579. The Labute approximate surface area is 169 Å². The van der Waals surface area contributed by atoms with Crippen molar-refractivity contribution >= 4 is 21.6 Å². The minimum absolute atomic E-state index is 0.114. The van der Waals surface area contributed by atoms with Crippen molar-refractivity contribution in [1.82, 2.24) is 9.29 Å². The van der Waals surface area contributed by atoms with Crippen LogP contribution >= 0.6 is 11.6 Å². The summed E-state index contributed by atoms with van der Waals surface area (Å²) in [6.45, 7) is 0. The van der Waals surface area contributed by atoms with Gasteiger partial charge in [-0.05, 0) is 66.9 Å². The second-order valence-corrected chi connectivity index (χ2v) is 8.99. The summed E-state index contributed by atoms with van der Waals surface area (Å²) in [7, 11) is -1.95. The van der Waals surface area contributed by atoms with Crippen molar-refractivity contribution in [2.75, 3.05) is 7.05 Å². The molecular formula is C21H18ClN3O2S. The monoisotopic (exact) mass is 411 g/mol. The van der Waals surface area contributed by atoms with Gasteiger partial charge in [-0.15, -0.1) is 0 Å². The number of benzene rings is 2. The average Bonchev–Trinajstić information content (AvgIpc) is 3.27. The Morgan fingerprint density at radius 1 is 1.21 bits per heavy atom. The predicted octanol–water partition coefficient (Wildman–Crippen LogP) is 4.12. The molecular weight excluding hydrogens is 394 g/mol. The Bertz CT molecular complexity index is 1190. The molecule has 0 aliphatic heterocycles. The molecule has 0 radical (unpaired) electrons. The molecule has 0 fully saturated rings. The zero-order valence-electron chi connectivity index (χ0n) is 15.2. The molecule has 28 heavy (non-hydrogen) atoms. The molecule has 142 valence electrons. The Balaban J connectivity index is 1.96. The molecule has 0 saturated heterocycles. The van der Waals surface area contributed by atoms with Crippen LogP contribution in [0.2, 0.25) is 5.02 Å². The van der Waals surface area contributed by atoms with Crippen molar-refractivity contribution in [1.29, 1.82) is 5.26 Å². The third kappa shape index (κ3) is 3.02. The maximum atomic E-state index is 13.4. The van der Waals surface area contributed by atoms with E-state index in [-0.39, 0.29) is 10.9 Å². The van der Waals surface area contributed by atoms with Crippen molar-refractivity contribution < 1.29 is 8.42 Å². The van der Waals surface area contributed by atoms with E-state index in [9.17, 15) is 8.42 Å². The predicted molar refractivity (Wildman–Crippen MR) is 109 cm³/mol. The first-order chi connectivity index (χ1) is 13.5. The number of halogens is 1. The molecule has 1 unspecified atom stereocenters. The van der Waals surface area contributed by atoms with E-state index in [1.165, 1.54) is 10.0 Å². The van der Waals surface area contributed by atoms with Crippen LogP contribution in [0.4, 0.5) is 0 Å². The normalized spacial score (nSPS) is 16.0. The van der Waals surface area contributed by atoms with Crippen molar-refractivity contribution in [3.05, 3.63) is 76.4 Å². The lowest BCUT2D eigenvalue weighted by Crippen LogP contribution is -2.16. The summed E-state index contributed by atoms with van der Waals surface area (Å²) in [5, 5.41) is 12.7. The van der Waals surface area contributed by atoms with Crippen molar-refractivity contribution in [2.45, 2.75) is 23.8 Å². The Kier molecular flexibility index (Phi) is 4.76. The van der Waals surface area contributed by atoms with Gasteiger partial charge in [0, 0.05) is 17.3 Å². The third-order valence-electron chi connectivity index (χ3n) is 5.16. The fourth-order valence-electron chi connectivity index (χ4n) is 3.78. The van der Waals surface area contributed by atoms with Crippen LogP contribution in [0.5, 0.6) is 0 Å². The Morgan fingerprint density at radius 2 is 1.96 bits per heavy atom. The lowest BCUT2D eigenvalue weighted by atomic mass is 10.0. The topological polar surface area (TPSA) is 74.9 Å². The van der Waals surface area contributed by atoms with Crippen LogP contribution < -0.4 is 5.32 Å². The van der Waals surface area contributed by atoms with E-state index in [1.807, 2.05) is 7.05 Å².